The predicted molar refractivity (Wildman–Crippen MR) is 83.9 cm³/mol. The Morgan fingerprint density at radius 1 is 1.18 bits per heavy atom. The largest absolute Gasteiger partial charge is 0.326 e. The van der Waals surface area contributed by atoms with Crippen LogP contribution in [0.25, 0.3) is 0 Å². The lowest BCUT2D eigenvalue weighted by atomic mass is 10.1. The maximum atomic E-state index is 12.5. The number of amides is 1. The Labute approximate surface area is 128 Å². The Morgan fingerprint density at radius 2 is 1.95 bits per heavy atom. The zero-order valence-corrected chi connectivity index (χ0v) is 12.5. The molecule has 0 spiro atoms. The van der Waals surface area contributed by atoms with Gasteiger partial charge in [0.2, 0.25) is 5.91 Å². The lowest BCUT2D eigenvalue weighted by Gasteiger charge is -2.12. The maximum absolute atomic E-state index is 12.5. The quantitative estimate of drug-likeness (QED) is 0.794. The molecule has 0 fully saturated rings. The van der Waals surface area contributed by atoms with E-state index >= 15 is 0 Å². The van der Waals surface area contributed by atoms with E-state index in [1.807, 2.05) is 0 Å². The first-order chi connectivity index (χ1) is 10.5. The van der Waals surface area contributed by atoms with Gasteiger partial charge in [-0.1, -0.05) is 18.2 Å². The summed E-state index contributed by atoms with van der Waals surface area (Å²) < 4.78 is 27.5. The van der Waals surface area contributed by atoms with E-state index in [9.17, 15) is 13.2 Å². The van der Waals surface area contributed by atoms with Crippen LogP contribution in [0.1, 0.15) is 11.1 Å². The van der Waals surface area contributed by atoms with Crippen LogP contribution in [0.15, 0.2) is 47.4 Å². The zero-order valence-electron chi connectivity index (χ0n) is 11.7. The normalized spacial score (nSPS) is 13.6. The topological polar surface area (TPSA) is 101 Å². The Kier molecular flexibility index (Phi) is 3.59. The third-order valence-electron chi connectivity index (χ3n) is 3.46. The van der Waals surface area contributed by atoms with Gasteiger partial charge in [0.05, 0.1) is 11.3 Å². The number of nitrogens with two attached hydrogens (primary N) is 1. The third-order valence-corrected chi connectivity index (χ3v) is 4.95. The molecule has 114 valence electrons. The molecule has 2 aromatic rings. The van der Waals surface area contributed by atoms with E-state index in [-0.39, 0.29) is 23.8 Å². The molecule has 1 heterocycles. The van der Waals surface area contributed by atoms with Gasteiger partial charge < -0.3 is 11.1 Å². The summed E-state index contributed by atoms with van der Waals surface area (Å²) in [5.74, 6) is -0.0940. The molecule has 1 aliphatic heterocycles. The minimum atomic E-state index is -3.72. The molecule has 0 aliphatic carbocycles. The lowest BCUT2D eigenvalue weighted by molar-refractivity contribution is -0.115. The van der Waals surface area contributed by atoms with Gasteiger partial charge >= 0.3 is 0 Å². The predicted octanol–water partition coefficient (Wildman–Crippen LogP) is 1.44. The SMILES string of the molecule is NCc1ccccc1S(=O)(=O)Nc1ccc2c(c1)CC(=O)N2. The number of carbonyl (C=O) groups excluding carboxylic acids is 1. The summed E-state index contributed by atoms with van der Waals surface area (Å²) >= 11 is 0. The van der Waals surface area contributed by atoms with E-state index in [1.165, 1.54) is 6.07 Å². The summed E-state index contributed by atoms with van der Waals surface area (Å²) in [6, 6.07) is 11.6. The van der Waals surface area contributed by atoms with Crippen molar-refractivity contribution in [3.05, 3.63) is 53.6 Å². The number of anilines is 2. The molecular weight excluding hydrogens is 302 g/mol. The van der Waals surface area contributed by atoms with Gasteiger partial charge in [-0.05, 0) is 35.4 Å². The van der Waals surface area contributed by atoms with Gasteiger partial charge in [-0.3, -0.25) is 9.52 Å². The van der Waals surface area contributed by atoms with Gasteiger partial charge in [0.1, 0.15) is 0 Å². The minimum Gasteiger partial charge on any atom is -0.326 e. The third kappa shape index (κ3) is 2.68. The summed E-state index contributed by atoms with van der Waals surface area (Å²) in [4.78, 5) is 11.5. The fourth-order valence-electron chi connectivity index (χ4n) is 2.44. The molecule has 7 heteroatoms. The number of hydrogen-bond acceptors (Lipinski definition) is 4. The van der Waals surface area contributed by atoms with Gasteiger partial charge in [-0.25, -0.2) is 8.42 Å². The zero-order chi connectivity index (χ0) is 15.7. The standard InChI is InChI=1S/C15H15N3O3S/c16-9-10-3-1-2-4-14(10)22(20,21)18-12-5-6-13-11(7-12)8-15(19)17-13/h1-7,18H,8-9,16H2,(H,17,19). The van der Waals surface area contributed by atoms with E-state index < -0.39 is 10.0 Å². The number of hydrogen-bond donors (Lipinski definition) is 3. The molecular formula is C15H15N3O3S. The fraction of sp³-hybridized carbons (Fsp3) is 0.133. The van der Waals surface area contributed by atoms with Crippen LogP contribution in [0.5, 0.6) is 0 Å². The maximum Gasteiger partial charge on any atom is 0.262 e. The summed E-state index contributed by atoms with van der Waals surface area (Å²) in [5, 5.41) is 2.70. The number of rotatable bonds is 4. The first kappa shape index (κ1) is 14.6. The van der Waals surface area contributed by atoms with Crippen LogP contribution in [0, 0.1) is 0 Å². The molecule has 0 saturated heterocycles. The Balaban J connectivity index is 1.92. The second-order valence-electron chi connectivity index (χ2n) is 5.01. The molecule has 0 atom stereocenters. The molecule has 0 bridgehead atoms. The lowest BCUT2D eigenvalue weighted by Crippen LogP contribution is -2.16. The van der Waals surface area contributed by atoms with Gasteiger partial charge in [0, 0.05) is 17.9 Å². The average Bonchev–Trinajstić information content (AvgIpc) is 2.86. The van der Waals surface area contributed by atoms with Crippen molar-refractivity contribution >= 4 is 27.3 Å². The number of benzene rings is 2. The summed E-state index contributed by atoms with van der Waals surface area (Å²) in [6.45, 7) is 0.139. The molecule has 0 saturated carbocycles. The van der Waals surface area contributed by atoms with Crippen molar-refractivity contribution in [3.8, 4) is 0 Å². The number of fused-ring (bicyclic) bond motifs is 1. The highest BCUT2D eigenvalue weighted by Crippen LogP contribution is 2.27. The Hall–Kier alpha value is -2.38. The van der Waals surface area contributed by atoms with Crippen molar-refractivity contribution in [3.63, 3.8) is 0 Å². The van der Waals surface area contributed by atoms with Gasteiger partial charge in [-0.15, -0.1) is 0 Å². The van der Waals surface area contributed by atoms with Crippen LogP contribution in [0.2, 0.25) is 0 Å². The molecule has 0 unspecified atom stereocenters. The number of sulfonamides is 1. The van der Waals surface area contributed by atoms with Gasteiger partial charge in [0.25, 0.3) is 10.0 Å². The molecule has 0 radical (unpaired) electrons. The number of carbonyl (C=O) groups is 1. The fourth-order valence-corrected chi connectivity index (χ4v) is 3.74. The number of nitrogens with one attached hydrogen (secondary N) is 2. The van der Waals surface area contributed by atoms with Gasteiger partial charge in [-0.2, -0.15) is 0 Å². The van der Waals surface area contributed by atoms with Gasteiger partial charge in [0.15, 0.2) is 0 Å². The van der Waals surface area contributed by atoms with E-state index in [2.05, 4.69) is 10.0 Å². The first-order valence-corrected chi connectivity index (χ1v) is 8.21. The van der Waals surface area contributed by atoms with Crippen LogP contribution in [-0.4, -0.2) is 14.3 Å². The highest BCUT2D eigenvalue weighted by molar-refractivity contribution is 7.92. The monoisotopic (exact) mass is 317 g/mol. The average molecular weight is 317 g/mol. The van der Waals surface area contributed by atoms with Crippen molar-refractivity contribution in [2.75, 3.05) is 10.0 Å². The van der Waals surface area contributed by atoms with Crippen molar-refractivity contribution in [2.24, 2.45) is 5.73 Å². The second-order valence-corrected chi connectivity index (χ2v) is 6.67. The van der Waals surface area contributed by atoms with Crippen LogP contribution >= 0.6 is 0 Å². The second kappa shape index (κ2) is 5.43. The molecule has 22 heavy (non-hydrogen) atoms. The van der Waals surface area contributed by atoms with E-state index in [0.29, 0.717) is 11.3 Å². The van der Waals surface area contributed by atoms with Crippen molar-refractivity contribution in [2.45, 2.75) is 17.9 Å². The Bertz CT molecular complexity index is 847. The van der Waals surface area contributed by atoms with Crippen molar-refractivity contribution < 1.29 is 13.2 Å². The van der Waals surface area contributed by atoms with Crippen molar-refractivity contribution in [1.82, 2.24) is 0 Å². The Morgan fingerprint density at radius 3 is 2.73 bits per heavy atom. The van der Waals surface area contributed by atoms with E-state index in [4.69, 9.17) is 5.73 Å². The summed E-state index contributed by atoms with van der Waals surface area (Å²) in [6.07, 6.45) is 0.254. The van der Waals surface area contributed by atoms with Crippen LogP contribution in [0.4, 0.5) is 11.4 Å². The minimum absolute atomic E-state index is 0.0940. The van der Waals surface area contributed by atoms with Crippen LogP contribution in [0.3, 0.4) is 0 Å². The molecule has 0 aromatic heterocycles. The molecule has 6 nitrogen and oxygen atoms in total. The smallest absolute Gasteiger partial charge is 0.262 e. The molecule has 1 amide bonds. The van der Waals surface area contributed by atoms with E-state index in [1.54, 1.807) is 36.4 Å². The van der Waals surface area contributed by atoms with Crippen LogP contribution < -0.4 is 15.8 Å². The molecule has 1 aliphatic rings. The first-order valence-electron chi connectivity index (χ1n) is 6.73. The summed E-state index contributed by atoms with van der Waals surface area (Å²) in [7, 11) is -3.72. The molecule has 3 rings (SSSR count). The molecule has 2 aromatic carbocycles. The van der Waals surface area contributed by atoms with Crippen molar-refractivity contribution in [1.29, 1.82) is 0 Å². The summed E-state index contributed by atoms with van der Waals surface area (Å²) in [5.41, 5.74) is 8.05. The highest BCUT2D eigenvalue weighted by atomic mass is 32.2. The van der Waals surface area contributed by atoms with Crippen LogP contribution in [-0.2, 0) is 27.8 Å². The molecule has 4 N–H and O–H groups in total. The van der Waals surface area contributed by atoms with E-state index in [0.717, 1.165) is 11.3 Å². The highest BCUT2D eigenvalue weighted by Gasteiger charge is 2.21.